The number of rotatable bonds is 1. The van der Waals surface area contributed by atoms with Crippen molar-refractivity contribution in [3.8, 4) is 0 Å². The first-order valence-electron chi connectivity index (χ1n) is 7.31. The summed E-state index contributed by atoms with van der Waals surface area (Å²) in [6.07, 6.45) is 3.79. The van der Waals surface area contributed by atoms with Gasteiger partial charge in [-0.25, -0.2) is 0 Å². The predicted octanol–water partition coefficient (Wildman–Crippen LogP) is 4.41. The van der Waals surface area contributed by atoms with Crippen molar-refractivity contribution in [1.82, 2.24) is 4.90 Å². The Hall–Kier alpha value is -1.61. The summed E-state index contributed by atoms with van der Waals surface area (Å²) in [4.78, 5) is 2.32. The second-order valence-electron chi connectivity index (χ2n) is 5.50. The number of likely N-dealkylation sites (tertiary alicyclic amines) is 1. The summed E-state index contributed by atoms with van der Waals surface area (Å²) in [5, 5.41) is 6.76. The van der Waals surface area contributed by atoms with E-state index in [1.54, 1.807) is 0 Å². The minimum Gasteiger partial charge on any atom is -0.346 e. The van der Waals surface area contributed by atoms with Gasteiger partial charge in [-0.3, -0.25) is 0 Å². The Morgan fingerprint density at radius 3 is 2.80 bits per heavy atom. The zero-order chi connectivity index (χ0) is 13.9. The molecule has 0 bridgehead atoms. The summed E-state index contributed by atoms with van der Waals surface area (Å²) in [6.45, 7) is 3.33. The number of benzene rings is 2. The van der Waals surface area contributed by atoms with Crippen molar-refractivity contribution >= 4 is 33.8 Å². The summed E-state index contributed by atoms with van der Waals surface area (Å²) < 4.78 is 0. The van der Waals surface area contributed by atoms with Crippen LogP contribution in [0.3, 0.4) is 0 Å². The third-order valence-electron chi connectivity index (χ3n) is 4.10. The van der Waals surface area contributed by atoms with E-state index >= 15 is 0 Å². The Balaban J connectivity index is 1.84. The molecule has 104 valence electrons. The monoisotopic (exact) mass is 284 g/mol. The molecule has 0 spiro atoms. The molecule has 0 amide bonds. The Morgan fingerprint density at radius 1 is 1.15 bits per heavy atom. The van der Waals surface area contributed by atoms with Gasteiger partial charge < -0.3 is 10.2 Å². The van der Waals surface area contributed by atoms with Crippen LogP contribution in [-0.2, 0) is 0 Å². The van der Waals surface area contributed by atoms with Crippen LogP contribution >= 0.6 is 12.2 Å². The van der Waals surface area contributed by atoms with Crippen molar-refractivity contribution in [2.75, 3.05) is 11.9 Å². The van der Waals surface area contributed by atoms with E-state index < -0.39 is 0 Å². The molecule has 20 heavy (non-hydrogen) atoms. The molecule has 1 unspecified atom stereocenters. The van der Waals surface area contributed by atoms with E-state index in [9.17, 15) is 0 Å². The summed E-state index contributed by atoms with van der Waals surface area (Å²) in [6, 6.07) is 15.3. The quantitative estimate of drug-likeness (QED) is 0.781. The molecule has 2 aromatic rings. The summed E-state index contributed by atoms with van der Waals surface area (Å²) in [5.41, 5.74) is 1.10. The molecule has 1 aliphatic rings. The van der Waals surface area contributed by atoms with Gasteiger partial charge in [-0.1, -0.05) is 36.4 Å². The van der Waals surface area contributed by atoms with Crippen molar-refractivity contribution in [1.29, 1.82) is 0 Å². The number of thiocarbonyl (C=S) groups is 1. The SMILES string of the molecule is CC1CCCCN1C(=S)Nc1cccc2ccccc12. The Morgan fingerprint density at radius 2 is 1.95 bits per heavy atom. The molecule has 0 aliphatic carbocycles. The normalized spacial score (nSPS) is 19.1. The minimum atomic E-state index is 0.540. The number of nitrogens with zero attached hydrogens (tertiary/aromatic N) is 1. The Bertz CT molecular complexity index is 618. The van der Waals surface area contributed by atoms with Gasteiger partial charge in [-0.15, -0.1) is 0 Å². The van der Waals surface area contributed by atoms with E-state index in [1.807, 2.05) is 0 Å². The van der Waals surface area contributed by atoms with E-state index in [0.29, 0.717) is 6.04 Å². The topological polar surface area (TPSA) is 15.3 Å². The molecule has 2 aromatic carbocycles. The van der Waals surface area contributed by atoms with Gasteiger partial charge in [0.25, 0.3) is 0 Å². The molecule has 0 aromatic heterocycles. The zero-order valence-electron chi connectivity index (χ0n) is 11.8. The van der Waals surface area contributed by atoms with Gasteiger partial charge in [0.1, 0.15) is 0 Å². The summed E-state index contributed by atoms with van der Waals surface area (Å²) >= 11 is 5.61. The first-order chi connectivity index (χ1) is 9.75. The van der Waals surface area contributed by atoms with Gasteiger partial charge >= 0.3 is 0 Å². The maximum Gasteiger partial charge on any atom is 0.173 e. The standard InChI is InChI=1S/C17H20N2S/c1-13-7-4-5-12-19(13)17(20)18-16-11-6-9-14-8-2-3-10-15(14)16/h2-3,6,8-11,13H,4-5,7,12H2,1H3,(H,18,20). The fourth-order valence-electron chi connectivity index (χ4n) is 2.92. The zero-order valence-corrected chi connectivity index (χ0v) is 12.6. The molecule has 1 fully saturated rings. The van der Waals surface area contributed by atoms with Crippen molar-refractivity contribution in [2.24, 2.45) is 0 Å². The average molecular weight is 284 g/mol. The number of anilines is 1. The molecule has 0 radical (unpaired) electrons. The van der Waals surface area contributed by atoms with Crippen LogP contribution in [0.4, 0.5) is 5.69 Å². The first-order valence-corrected chi connectivity index (χ1v) is 7.72. The second-order valence-corrected chi connectivity index (χ2v) is 5.88. The lowest BCUT2D eigenvalue weighted by atomic mass is 10.0. The van der Waals surface area contributed by atoms with Gasteiger partial charge in [-0.2, -0.15) is 0 Å². The van der Waals surface area contributed by atoms with Crippen LogP contribution < -0.4 is 5.32 Å². The van der Waals surface area contributed by atoms with Crippen LogP contribution in [0.15, 0.2) is 42.5 Å². The lowest BCUT2D eigenvalue weighted by Crippen LogP contribution is -2.44. The van der Waals surface area contributed by atoms with Crippen LogP contribution in [0.2, 0.25) is 0 Å². The average Bonchev–Trinajstić information content (AvgIpc) is 2.48. The molecule has 0 saturated carbocycles. The second kappa shape index (κ2) is 5.80. The van der Waals surface area contributed by atoms with Crippen molar-refractivity contribution in [2.45, 2.75) is 32.2 Å². The fourth-order valence-corrected chi connectivity index (χ4v) is 3.30. The third kappa shape index (κ3) is 2.63. The highest BCUT2D eigenvalue weighted by Crippen LogP contribution is 2.24. The summed E-state index contributed by atoms with van der Waals surface area (Å²) in [5.74, 6) is 0. The molecular weight excluding hydrogens is 264 g/mol. The van der Waals surface area contributed by atoms with Crippen molar-refractivity contribution in [3.05, 3.63) is 42.5 Å². The largest absolute Gasteiger partial charge is 0.346 e. The highest BCUT2D eigenvalue weighted by atomic mass is 32.1. The van der Waals surface area contributed by atoms with Gasteiger partial charge in [0, 0.05) is 23.7 Å². The molecular formula is C17H20N2S. The molecule has 1 heterocycles. The van der Waals surface area contributed by atoms with E-state index in [4.69, 9.17) is 12.2 Å². The molecule has 1 saturated heterocycles. The van der Waals surface area contributed by atoms with Crippen LogP contribution in [0, 0.1) is 0 Å². The predicted molar refractivity (Wildman–Crippen MR) is 90.2 cm³/mol. The van der Waals surface area contributed by atoms with Crippen molar-refractivity contribution < 1.29 is 0 Å². The molecule has 2 nitrogen and oxygen atoms in total. The Kier molecular flexibility index (Phi) is 3.88. The van der Waals surface area contributed by atoms with Crippen LogP contribution in [-0.4, -0.2) is 22.6 Å². The fraction of sp³-hybridized carbons (Fsp3) is 0.353. The van der Waals surface area contributed by atoms with Gasteiger partial charge in [0.05, 0.1) is 0 Å². The van der Waals surface area contributed by atoms with Gasteiger partial charge in [0.2, 0.25) is 0 Å². The number of hydrogen-bond acceptors (Lipinski definition) is 1. The smallest absolute Gasteiger partial charge is 0.173 e. The summed E-state index contributed by atoms with van der Waals surface area (Å²) in [7, 11) is 0. The van der Waals surface area contributed by atoms with Crippen LogP contribution in [0.25, 0.3) is 10.8 Å². The van der Waals surface area contributed by atoms with Crippen LogP contribution in [0.1, 0.15) is 26.2 Å². The van der Waals surface area contributed by atoms with E-state index in [2.05, 4.69) is 59.6 Å². The molecule has 1 aliphatic heterocycles. The minimum absolute atomic E-state index is 0.540. The highest BCUT2D eigenvalue weighted by Gasteiger charge is 2.20. The lowest BCUT2D eigenvalue weighted by Gasteiger charge is -2.35. The number of piperidine rings is 1. The maximum absolute atomic E-state index is 5.61. The number of fused-ring (bicyclic) bond motifs is 1. The number of nitrogens with one attached hydrogen (secondary N) is 1. The molecule has 3 rings (SSSR count). The van der Waals surface area contributed by atoms with Gasteiger partial charge in [-0.05, 0) is 49.9 Å². The van der Waals surface area contributed by atoms with E-state index in [-0.39, 0.29) is 0 Å². The number of hydrogen-bond donors (Lipinski definition) is 1. The van der Waals surface area contributed by atoms with Gasteiger partial charge in [0.15, 0.2) is 5.11 Å². The third-order valence-corrected chi connectivity index (χ3v) is 4.43. The highest BCUT2D eigenvalue weighted by molar-refractivity contribution is 7.80. The van der Waals surface area contributed by atoms with Crippen LogP contribution in [0.5, 0.6) is 0 Å². The lowest BCUT2D eigenvalue weighted by molar-refractivity contribution is 0.262. The van der Waals surface area contributed by atoms with E-state index in [1.165, 1.54) is 30.0 Å². The maximum atomic E-state index is 5.61. The Labute approximate surface area is 125 Å². The molecule has 1 N–H and O–H groups in total. The first kappa shape index (κ1) is 13.4. The molecule has 3 heteroatoms. The molecule has 1 atom stereocenters. The van der Waals surface area contributed by atoms with Crippen molar-refractivity contribution in [3.63, 3.8) is 0 Å². The van der Waals surface area contributed by atoms with E-state index in [0.717, 1.165) is 17.3 Å².